The Morgan fingerprint density at radius 3 is 1.50 bits per heavy atom. The van der Waals surface area contributed by atoms with Crippen molar-refractivity contribution in [2.75, 3.05) is 11.5 Å². The van der Waals surface area contributed by atoms with Crippen molar-refractivity contribution in [3.8, 4) is 0 Å². The van der Waals surface area contributed by atoms with Crippen LogP contribution in [0, 0.1) is 0 Å². The second-order valence-corrected chi connectivity index (χ2v) is 10.7. The van der Waals surface area contributed by atoms with Crippen molar-refractivity contribution in [1.29, 1.82) is 0 Å². The van der Waals surface area contributed by atoms with Gasteiger partial charge < -0.3 is 11.5 Å². The van der Waals surface area contributed by atoms with Gasteiger partial charge in [-0.05, 0) is 78.9 Å². The average molecular weight is 535 g/mol. The smallest absolute Gasteiger partial charge is 0.143 e. The number of aromatic nitrogens is 4. The highest BCUT2D eigenvalue weighted by molar-refractivity contribution is 5.83. The molecule has 0 radical (unpaired) electrons. The highest BCUT2D eigenvalue weighted by atomic mass is 16.1. The predicted molar refractivity (Wildman–Crippen MR) is 155 cm³/mol. The molecule has 4 aromatic rings. The number of nitrogens with two attached hydrogens (primary N) is 2. The van der Waals surface area contributed by atoms with Crippen molar-refractivity contribution in [3.63, 3.8) is 0 Å². The van der Waals surface area contributed by atoms with Crippen molar-refractivity contribution < 1.29 is 9.59 Å². The Morgan fingerprint density at radius 2 is 1.10 bits per heavy atom. The van der Waals surface area contributed by atoms with E-state index in [1.807, 2.05) is 72.8 Å². The number of carbonyl (C=O) groups excluding carboxylic acids is 2. The van der Waals surface area contributed by atoms with Gasteiger partial charge in [-0.15, -0.1) is 0 Å². The maximum Gasteiger partial charge on any atom is 0.143 e. The Kier molecular flexibility index (Phi) is 8.54. The van der Waals surface area contributed by atoms with Crippen molar-refractivity contribution in [1.82, 2.24) is 20.4 Å². The molecule has 4 N–H and O–H groups in total. The highest BCUT2D eigenvalue weighted by Crippen LogP contribution is 2.39. The van der Waals surface area contributed by atoms with Crippen LogP contribution in [-0.4, -0.2) is 32.0 Å². The molecule has 1 saturated carbocycles. The molecule has 1 aliphatic rings. The molecule has 0 bridgehead atoms. The van der Waals surface area contributed by atoms with Crippen LogP contribution in [0.4, 0.5) is 11.4 Å². The summed E-state index contributed by atoms with van der Waals surface area (Å²) in [4.78, 5) is 25.0. The summed E-state index contributed by atoms with van der Waals surface area (Å²) in [5.74, 6) is 0.729. The lowest BCUT2D eigenvalue weighted by atomic mass is 9.78. The topological polar surface area (TPSA) is 138 Å². The Bertz CT molecular complexity index is 1360. The number of benzene rings is 2. The number of hydrogen-bond donors (Lipinski definition) is 2. The van der Waals surface area contributed by atoms with Gasteiger partial charge in [0.25, 0.3) is 0 Å². The summed E-state index contributed by atoms with van der Waals surface area (Å²) in [5, 5.41) is 17.7. The van der Waals surface area contributed by atoms with E-state index in [-0.39, 0.29) is 36.2 Å². The monoisotopic (exact) mass is 534 g/mol. The van der Waals surface area contributed by atoms with Gasteiger partial charge in [-0.25, -0.2) is 0 Å². The van der Waals surface area contributed by atoms with Crippen LogP contribution in [0.2, 0.25) is 0 Å². The minimum atomic E-state index is 0.0823. The molecule has 0 amide bonds. The van der Waals surface area contributed by atoms with Gasteiger partial charge in [0.1, 0.15) is 11.6 Å². The Balaban J connectivity index is 1.14. The van der Waals surface area contributed by atoms with Crippen molar-refractivity contribution in [2.24, 2.45) is 0 Å². The van der Waals surface area contributed by atoms with Gasteiger partial charge in [0, 0.05) is 36.1 Å². The lowest BCUT2D eigenvalue weighted by Gasteiger charge is -2.28. The SMILES string of the molecule is Nc1cccc(CC(=O)Cc2ccc([C@H]3CCC[C@H](c4ccc(CC(=O)Cc5cccc(N)c5)nn4)C3)nn2)c1. The molecule has 8 nitrogen and oxygen atoms in total. The van der Waals surface area contributed by atoms with Crippen LogP contribution in [0.15, 0.2) is 72.8 Å². The zero-order valence-corrected chi connectivity index (χ0v) is 22.5. The summed E-state index contributed by atoms with van der Waals surface area (Å²) in [6.45, 7) is 0. The molecule has 0 saturated heterocycles. The first kappa shape index (κ1) is 27.1. The second kappa shape index (κ2) is 12.6. The number of nitrogen functional groups attached to an aromatic ring is 2. The van der Waals surface area contributed by atoms with E-state index in [0.29, 0.717) is 35.6 Å². The number of hydrogen-bond acceptors (Lipinski definition) is 8. The van der Waals surface area contributed by atoms with E-state index >= 15 is 0 Å². The zero-order valence-electron chi connectivity index (χ0n) is 22.5. The van der Waals surface area contributed by atoms with Gasteiger partial charge in [-0.1, -0.05) is 30.7 Å². The Morgan fingerprint density at radius 1 is 0.625 bits per heavy atom. The first-order chi connectivity index (χ1) is 19.4. The van der Waals surface area contributed by atoms with E-state index in [9.17, 15) is 9.59 Å². The third-order valence-corrected chi connectivity index (χ3v) is 7.45. The summed E-state index contributed by atoms with van der Waals surface area (Å²) in [6, 6.07) is 22.6. The van der Waals surface area contributed by atoms with Crippen molar-refractivity contribution >= 4 is 22.9 Å². The molecule has 2 aromatic carbocycles. The molecule has 0 unspecified atom stereocenters. The molecule has 8 heteroatoms. The number of ketones is 2. The van der Waals surface area contributed by atoms with Crippen LogP contribution in [0.25, 0.3) is 0 Å². The summed E-state index contributed by atoms with van der Waals surface area (Å²) in [6.07, 6.45) is 5.23. The van der Waals surface area contributed by atoms with E-state index in [2.05, 4.69) is 20.4 Å². The summed E-state index contributed by atoms with van der Waals surface area (Å²) in [7, 11) is 0. The summed E-state index contributed by atoms with van der Waals surface area (Å²) in [5.41, 5.74) is 18.0. The summed E-state index contributed by atoms with van der Waals surface area (Å²) >= 11 is 0. The molecule has 0 aliphatic heterocycles. The minimum Gasteiger partial charge on any atom is -0.399 e. The van der Waals surface area contributed by atoms with Gasteiger partial charge in [-0.2, -0.15) is 20.4 Å². The number of rotatable bonds is 10. The van der Waals surface area contributed by atoms with Gasteiger partial charge in [-0.3, -0.25) is 9.59 Å². The second-order valence-electron chi connectivity index (χ2n) is 10.7. The number of anilines is 2. The number of carbonyl (C=O) groups is 2. The third kappa shape index (κ3) is 7.34. The van der Waals surface area contributed by atoms with Crippen LogP contribution in [0.3, 0.4) is 0 Å². The largest absolute Gasteiger partial charge is 0.399 e. The first-order valence-electron chi connectivity index (χ1n) is 13.8. The Hall–Kier alpha value is -4.46. The zero-order chi connectivity index (χ0) is 27.9. The van der Waals surface area contributed by atoms with E-state index in [1.165, 1.54) is 0 Å². The van der Waals surface area contributed by atoms with Crippen molar-refractivity contribution in [2.45, 2.75) is 63.2 Å². The van der Waals surface area contributed by atoms with Crippen molar-refractivity contribution in [3.05, 3.63) is 107 Å². The van der Waals surface area contributed by atoms with Crippen LogP contribution in [0.1, 0.15) is 71.4 Å². The molecule has 2 aromatic heterocycles. The number of Topliss-reactive ketones (excluding diaryl/α,β-unsaturated/α-hetero) is 2. The van der Waals surface area contributed by atoms with E-state index in [1.54, 1.807) is 0 Å². The standard InChI is InChI=1S/C32H34N6O2/c33-25-8-1-4-21(14-25)16-29(39)19-27-10-12-31(37-35-27)23-6-3-7-24(18-23)32-13-11-28(36-38-32)20-30(40)17-22-5-2-9-26(34)15-22/h1-2,4-5,8-15,23-24H,3,6-7,16-20,33-34H2/t23-,24-/m0/s1. The van der Waals surface area contributed by atoms with Crippen LogP contribution >= 0.6 is 0 Å². The van der Waals surface area contributed by atoms with Crippen LogP contribution < -0.4 is 11.5 Å². The lowest BCUT2D eigenvalue weighted by molar-refractivity contribution is -0.118. The molecule has 1 aliphatic carbocycles. The van der Waals surface area contributed by atoms with Crippen LogP contribution in [-0.2, 0) is 35.3 Å². The van der Waals surface area contributed by atoms with Gasteiger partial charge in [0.05, 0.1) is 35.6 Å². The van der Waals surface area contributed by atoms with E-state index < -0.39 is 0 Å². The maximum absolute atomic E-state index is 12.5. The molecule has 1 fully saturated rings. The fourth-order valence-electron chi connectivity index (χ4n) is 5.48. The first-order valence-corrected chi connectivity index (χ1v) is 13.8. The van der Waals surface area contributed by atoms with E-state index in [0.717, 1.165) is 48.2 Å². The number of nitrogens with zero attached hydrogens (tertiary/aromatic N) is 4. The lowest BCUT2D eigenvalue weighted by Crippen LogP contribution is -2.17. The molecule has 40 heavy (non-hydrogen) atoms. The van der Waals surface area contributed by atoms with Crippen LogP contribution in [0.5, 0.6) is 0 Å². The average Bonchev–Trinajstić information content (AvgIpc) is 2.94. The molecule has 204 valence electrons. The van der Waals surface area contributed by atoms with Gasteiger partial charge in [0.2, 0.25) is 0 Å². The molecule has 0 spiro atoms. The summed E-state index contributed by atoms with van der Waals surface area (Å²) < 4.78 is 0. The molecular formula is C32H34N6O2. The fraction of sp³-hybridized carbons (Fsp3) is 0.312. The molecule has 5 rings (SSSR count). The molecule has 2 atom stereocenters. The minimum absolute atomic E-state index is 0.0823. The Labute approximate surface area is 234 Å². The highest BCUT2D eigenvalue weighted by Gasteiger charge is 2.27. The quantitative estimate of drug-likeness (QED) is 0.282. The normalized spacial score (nSPS) is 16.9. The van der Waals surface area contributed by atoms with E-state index in [4.69, 9.17) is 11.5 Å². The fourth-order valence-corrected chi connectivity index (χ4v) is 5.48. The molecular weight excluding hydrogens is 500 g/mol. The third-order valence-electron chi connectivity index (χ3n) is 7.45. The maximum atomic E-state index is 12.5. The van der Waals surface area contributed by atoms with Gasteiger partial charge >= 0.3 is 0 Å². The predicted octanol–water partition coefficient (Wildman–Crippen LogP) is 4.58. The molecule has 2 heterocycles. The van der Waals surface area contributed by atoms with Gasteiger partial charge in [0.15, 0.2) is 0 Å².